The van der Waals surface area contributed by atoms with Crippen LogP contribution in [0.2, 0.25) is 0 Å². The Bertz CT molecular complexity index is 572. The molecule has 1 fully saturated rings. The standard InChI is InChI=1S/C18H22NO2/c1-19(12-15-8-4-2-5-9-15)13-17(20)18(14-19)21-16-10-6-3-7-11-16/h2-11,17-18,20H,12-14H2,1H3/q+1/t17-,18?,19-/m0/s1. The minimum Gasteiger partial charge on any atom is -0.482 e. The number of aliphatic hydroxyl groups is 1. The number of ether oxygens (including phenoxy) is 1. The summed E-state index contributed by atoms with van der Waals surface area (Å²) in [6.45, 7) is 2.48. The lowest BCUT2D eigenvalue weighted by Gasteiger charge is -2.29. The second-order valence-corrected chi connectivity index (χ2v) is 6.17. The molecule has 3 nitrogen and oxygen atoms in total. The third-order valence-electron chi connectivity index (χ3n) is 4.12. The fourth-order valence-electron chi connectivity index (χ4n) is 3.14. The Morgan fingerprint density at radius 3 is 2.29 bits per heavy atom. The van der Waals surface area contributed by atoms with E-state index in [0.29, 0.717) is 0 Å². The number of hydrogen-bond donors (Lipinski definition) is 1. The minimum atomic E-state index is -0.418. The second kappa shape index (κ2) is 5.88. The van der Waals surface area contributed by atoms with Crippen LogP contribution in [0.3, 0.4) is 0 Å². The lowest BCUT2D eigenvalue weighted by atomic mass is 10.2. The van der Waals surface area contributed by atoms with Gasteiger partial charge in [-0.2, -0.15) is 0 Å². The maximum atomic E-state index is 10.3. The molecule has 1 saturated heterocycles. The van der Waals surface area contributed by atoms with E-state index in [1.807, 2.05) is 36.4 Å². The minimum absolute atomic E-state index is 0.138. The molecule has 0 spiro atoms. The maximum Gasteiger partial charge on any atom is 0.178 e. The van der Waals surface area contributed by atoms with Crippen LogP contribution in [0.1, 0.15) is 5.56 Å². The number of likely N-dealkylation sites (N-methyl/N-ethyl adjacent to an activating group) is 1. The summed E-state index contributed by atoms with van der Waals surface area (Å²) < 4.78 is 6.76. The molecule has 1 N–H and O–H groups in total. The smallest absolute Gasteiger partial charge is 0.178 e. The second-order valence-electron chi connectivity index (χ2n) is 6.17. The van der Waals surface area contributed by atoms with Gasteiger partial charge >= 0.3 is 0 Å². The van der Waals surface area contributed by atoms with Crippen LogP contribution in [0, 0.1) is 0 Å². The summed E-state index contributed by atoms with van der Waals surface area (Å²) in [4.78, 5) is 0. The highest BCUT2D eigenvalue weighted by molar-refractivity contribution is 5.21. The van der Waals surface area contributed by atoms with Crippen LogP contribution in [0.25, 0.3) is 0 Å². The summed E-state index contributed by atoms with van der Waals surface area (Å²) in [6.07, 6.45) is -0.556. The summed E-state index contributed by atoms with van der Waals surface area (Å²) in [7, 11) is 2.19. The Morgan fingerprint density at radius 2 is 1.62 bits per heavy atom. The zero-order chi connectivity index (χ0) is 14.7. The number of nitrogens with zero attached hydrogens (tertiary/aromatic N) is 1. The molecule has 3 rings (SSSR count). The number of quaternary nitrogens is 1. The van der Waals surface area contributed by atoms with Gasteiger partial charge in [-0.15, -0.1) is 0 Å². The number of hydrogen-bond acceptors (Lipinski definition) is 2. The van der Waals surface area contributed by atoms with Gasteiger partial charge in [-0.25, -0.2) is 0 Å². The molecule has 0 aliphatic carbocycles. The van der Waals surface area contributed by atoms with E-state index < -0.39 is 6.10 Å². The topological polar surface area (TPSA) is 29.5 Å². The van der Waals surface area contributed by atoms with E-state index in [2.05, 4.69) is 31.3 Å². The molecule has 110 valence electrons. The molecule has 1 heterocycles. The Hall–Kier alpha value is -1.84. The molecule has 2 aromatic carbocycles. The van der Waals surface area contributed by atoms with Crippen molar-refractivity contribution >= 4 is 0 Å². The SMILES string of the molecule is C[N@@+]1(Cc2ccccc2)CC(Oc2ccccc2)[C@@H](O)C1. The molecule has 3 atom stereocenters. The van der Waals surface area contributed by atoms with Gasteiger partial charge in [-0.3, -0.25) is 0 Å². The first-order chi connectivity index (χ1) is 10.1. The van der Waals surface area contributed by atoms with Crippen molar-refractivity contribution in [3.8, 4) is 5.75 Å². The fraction of sp³-hybridized carbons (Fsp3) is 0.333. The van der Waals surface area contributed by atoms with Crippen LogP contribution in [0.4, 0.5) is 0 Å². The quantitative estimate of drug-likeness (QED) is 0.874. The number of para-hydroxylation sites is 1. The molecule has 2 aromatic rings. The van der Waals surface area contributed by atoms with Crippen molar-refractivity contribution in [3.63, 3.8) is 0 Å². The predicted molar refractivity (Wildman–Crippen MR) is 82.9 cm³/mol. The lowest BCUT2D eigenvalue weighted by Crippen LogP contribution is -2.42. The van der Waals surface area contributed by atoms with Gasteiger partial charge in [-0.05, 0) is 12.1 Å². The van der Waals surface area contributed by atoms with Gasteiger partial charge in [0, 0.05) is 5.56 Å². The molecule has 3 heteroatoms. The van der Waals surface area contributed by atoms with Crippen molar-refractivity contribution in [1.29, 1.82) is 0 Å². The number of rotatable bonds is 4. The first kappa shape index (κ1) is 14.1. The van der Waals surface area contributed by atoms with Crippen molar-refractivity contribution < 1.29 is 14.3 Å². The molecule has 0 saturated carbocycles. The zero-order valence-corrected chi connectivity index (χ0v) is 12.4. The van der Waals surface area contributed by atoms with E-state index in [9.17, 15) is 5.11 Å². The molecular weight excluding hydrogens is 262 g/mol. The number of benzene rings is 2. The monoisotopic (exact) mass is 284 g/mol. The van der Waals surface area contributed by atoms with Crippen molar-refractivity contribution in [2.45, 2.75) is 18.8 Å². The Balaban J connectivity index is 1.67. The van der Waals surface area contributed by atoms with Gasteiger partial charge in [-0.1, -0.05) is 48.5 Å². The maximum absolute atomic E-state index is 10.3. The number of aliphatic hydroxyl groups excluding tert-OH is 1. The van der Waals surface area contributed by atoms with Gasteiger partial charge in [0.25, 0.3) is 0 Å². The highest BCUT2D eigenvalue weighted by Crippen LogP contribution is 2.25. The largest absolute Gasteiger partial charge is 0.482 e. The Kier molecular flexibility index (Phi) is 3.95. The van der Waals surface area contributed by atoms with Gasteiger partial charge in [0.2, 0.25) is 0 Å². The zero-order valence-electron chi connectivity index (χ0n) is 12.4. The van der Waals surface area contributed by atoms with E-state index in [4.69, 9.17) is 4.74 Å². The molecule has 0 amide bonds. The van der Waals surface area contributed by atoms with Crippen LogP contribution < -0.4 is 4.74 Å². The Morgan fingerprint density at radius 1 is 1.00 bits per heavy atom. The summed E-state index contributed by atoms with van der Waals surface area (Å²) in [5.74, 6) is 0.828. The van der Waals surface area contributed by atoms with Crippen molar-refractivity contribution in [3.05, 3.63) is 66.2 Å². The van der Waals surface area contributed by atoms with Crippen LogP contribution in [-0.4, -0.2) is 41.9 Å². The average molecular weight is 284 g/mol. The Labute approximate surface area is 126 Å². The third kappa shape index (κ3) is 3.43. The molecular formula is C18H22NO2+. The van der Waals surface area contributed by atoms with E-state index >= 15 is 0 Å². The normalized spacial score (nSPS) is 28.5. The first-order valence-corrected chi connectivity index (χ1v) is 7.42. The summed E-state index contributed by atoms with van der Waals surface area (Å²) in [5.41, 5.74) is 1.30. The van der Waals surface area contributed by atoms with E-state index in [1.54, 1.807) is 0 Å². The fourth-order valence-corrected chi connectivity index (χ4v) is 3.14. The highest BCUT2D eigenvalue weighted by atomic mass is 16.5. The van der Waals surface area contributed by atoms with Crippen molar-refractivity contribution in [1.82, 2.24) is 0 Å². The van der Waals surface area contributed by atoms with Gasteiger partial charge in [0.1, 0.15) is 31.5 Å². The van der Waals surface area contributed by atoms with Crippen LogP contribution in [0.15, 0.2) is 60.7 Å². The van der Waals surface area contributed by atoms with Gasteiger partial charge in [0.05, 0.1) is 7.05 Å². The van der Waals surface area contributed by atoms with Crippen LogP contribution >= 0.6 is 0 Å². The summed E-state index contributed by atoms with van der Waals surface area (Å²) in [6, 6.07) is 20.2. The van der Waals surface area contributed by atoms with Crippen molar-refractivity contribution in [2.75, 3.05) is 20.1 Å². The third-order valence-corrected chi connectivity index (χ3v) is 4.12. The summed E-state index contributed by atoms with van der Waals surface area (Å²) >= 11 is 0. The molecule has 0 bridgehead atoms. The molecule has 1 unspecified atom stereocenters. The van der Waals surface area contributed by atoms with Crippen molar-refractivity contribution in [2.24, 2.45) is 0 Å². The number of likely N-dealkylation sites (tertiary alicyclic amines) is 1. The molecule has 1 aliphatic heterocycles. The van der Waals surface area contributed by atoms with E-state index in [1.165, 1.54) is 5.56 Å². The highest BCUT2D eigenvalue weighted by Gasteiger charge is 2.43. The lowest BCUT2D eigenvalue weighted by molar-refractivity contribution is -0.913. The van der Waals surface area contributed by atoms with E-state index in [-0.39, 0.29) is 6.10 Å². The van der Waals surface area contributed by atoms with Gasteiger partial charge in [0.15, 0.2) is 6.10 Å². The molecule has 1 aliphatic rings. The molecule has 0 aromatic heterocycles. The first-order valence-electron chi connectivity index (χ1n) is 7.42. The van der Waals surface area contributed by atoms with Gasteiger partial charge < -0.3 is 14.3 Å². The predicted octanol–water partition coefficient (Wildman–Crippen LogP) is 2.46. The average Bonchev–Trinajstić information content (AvgIpc) is 2.75. The molecule has 0 radical (unpaired) electrons. The van der Waals surface area contributed by atoms with E-state index in [0.717, 1.165) is 29.9 Å². The molecule has 21 heavy (non-hydrogen) atoms. The van der Waals surface area contributed by atoms with Crippen LogP contribution in [0.5, 0.6) is 5.75 Å². The van der Waals surface area contributed by atoms with Crippen LogP contribution in [-0.2, 0) is 6.54 Å². The summed E-state index contributed by atoms with van der Waals surface area (Å²) in [5, 5.41) is 10.3.